The minimum absolute atomic E-state index is 0.226. The summed E-state index contributed by atoms with van der Waals surface area (Å²) in [7, 11) is 1.33. The Bertz CT molecular complexity index is 422. The number of carbonyl (C=O) groups is 1. The van der Waals surface area contributed by atoms with Crippen molar-refractivity contribution in [2.75, 3.05) is 31.7 Å². The van der Waals surface area contributed by atoms with Crippen LogP contribution in [0.5, 0.6) is 0 Å². The van der Waals surface area contributed by atoms with Gasteiger partial charge in [-0.2, -0.15) is 0 Å². The van der Waals surface area contributed by atoms with Crippen LogP contribution in [0.1, 0.15) is 30.3 Å². The first-order chi connectivity index (χ1) is 9.24. The number of anilines is 1. The van der Waals surface area contributed by atoms with E-state index in [4.69, 9.17) is 4.74 Å². The minimum Gasteiger partial charge on any atom is -0.464 e. The van der Waals surface area contributed by atoms with Crippen LogP contribution in [0.2, 0.25) is 0 Å². The molecule has 6 nitrogen and oxygen atoms in total. The van der Waals surface area contributed by atoms with Crippen LogP contribution in [-0.4, -0.2) is 48.8 Å². The average molecular weight is 265 g/mol. The van der Waals surface area contributed by atoms with Gasteiger partial charge in [-0.3, -0.25) is 0 Å². The summed E-state index contributed by atoms with van der Waals surface area (Å²) in [5.74, 6) is 0.307. The van der Waals surface area contributed by atoms with Gasteiger partial charge in [0.1, 0.15) is 5.82 Å². The van der Waals surface area contributed by atoms with Crippen molar-refractivity contribution in [2.24, 2.45) is 0 Å². The number of esters is 1. The van der Waals surface area contributed by atoms with E-state index in [-0.39, 0.29) is 11.8 Å². The summed E-state index contributed by atoms with van der Waals surface area (Å²) in [6.45, 7) is 4.59. The second-order valence-electron chi connectivity index (χ2n) is 4.45. The number of hydrogen-bond donors (Lipinski definition) is 0. The lowest BCUT2D eigenvalue weighted by Gasteiger charge is -2.23. The first-order valence-corrected chi connectivity index (χ1v) is 6.51. The molecule has 1 aromatic heterocycles. The van der Waals surface area contributed by atoms with Crippen molar-refractivity contribution in [3.05, 3.63) is 18.1 Å². The zero-order valence-electron chi connectivity index (χ0n) is 11.3. The molecule has 19 heavy (non-hydrogen) atoms. The van der Waals surface area contributed by atoms with Gasteiger partial charge < -0.3 is 14.4 Å². The Morgan fingerprint density at radius 2 is 2.37 bits per heavy atom. The molecule has 0 aromatic carbocycles. The number of nitrogens with zero attached hydrogens (tertiary/aromatic N) is 3. The summed E-state index contributed by atoms with van der Waals surface area (Å²) in [6, 6.07) is 0. The quantitative estimate of drug-likeness (QED) is 0.767. The summed E-state index contributed by atoms with van der Waals surface area (Å²) < 4.78 is 10.3. The molecule has 2 heterocycles. The lowest BCUT2D eigenvalue weighted by molar-refractivity contribution is 0.0593. The molecule has 104 valence electrons. The predicted octanol–water partition coefficient (Wildman–Crippen LogP) is 1.27. The summed E-state index contributed by atoms with van der Waals surface area (Å²) in [5.41, 5.74) is 0.226. The molecule has 0 aliphatic carbocycles. The Hall–Kier alpha value is -1.69. The SMILES string of the molecule is CCC1CN(c2cnc(C(=O)OC)cn2)CCCO1. The summed E-state index contributed by atoms with van der Waals surface area (Å²) in [6.07, 6.45) is 5.24. The summed E-state index contributed by atoms with van der Waals surface area (Å²) in [4.78, 5) is 21.8. The standard InChI is InChI=1S/C13H19N3O3/c1-3-10-9-16(5-4-6-19-10)12-8-14-11(7-15-12)13(17)18-2/h7-8,10H,3-6,9H2,1-2H3. The third-order valence-electron chi connectivity index (χ3n) is 3.16. The monoisotopic (exact) mass is 265 g/mol. The van der Waals surface area contributed by atoms with E-state index in [0.717, 1.165) is 38.4 Å². The molecular weight excluding hydrogens is 246 g/mol. The number of ether oxygens (including phenoxy) is 2. The Balaban J connectivity index is 2.09. The van der Waals surface area contributed by atoms with Crippen LogP contribution in [-0.2, 0) is 9.47 Å². The van der Waals surface area contributed by atoms with Gasteiger partial charge in [0.25, 0.3) is 0 Å². The van der Waals surface area contributed by atoms with Gasteiger partial charge in [-0.25, -0.2) is 14.8 Å². The molecule has 2 rings (SSSR count). The number of hydrogen-bond acceptors (Lipinski definition) is 6. The normalized spacial score (nSPS) is 19.9. The minimum atomic E-state index is -0.468. The van der Waals surface area contributed by atoms with Crippen molar-refractivity contribution in [1.29, 1.82) is 0 Å². The lowest BCUT2D eigenvalue weighted by Crippen LogP contribution is -2.32. The van der Waals surface area contributed by atoms with E-state index in [9.17, 15) is 4.79 Å². The average Bonchev–Trinajstić information content (AvgIpc) is 2.72. The van der Waals surface area contributed by atoms with E-state index in [2.05, 4.69) is 26.5 Å². The smallest absolute Gasteiger partial charge is 0.358 e. The molecule has 0 amide bonds. The second-order valence-corrected chi connectivity index (χ2v) is 4.45. The molecule has 1 aromatic rings. The van der Waals surface area contributed by atoms with Crippen molar-refractivity contribution in [1.82, 2.24) is 9.97 Å². The predicted molar refractivity (Wildman–Crippen MR) is 70.2 cm³/mol. The molecule has 0 N–H and O–H groups in total. The fourth-order valence-electron chi connectivity index (χ4n) is 2.04. The number of methoxy groups -OCH3 is 1. The van der Waals surface area contributed by atoms with Crippen LogP contribution in [0.25, 0.3) is 0 Å². The highest BCUT2D eigenvalue weighted by Crippen LogP contribution is 2.15. The zero-order valence-corrected chi connectivity index (χ0v) is 11.3. The molecule has 1 aliphatic rings. The molecule has 0 bridgehead atoms. The molecule has 6 heteroatoms. The van der Waals surface area contributed by atoms with E-state index in [1.165, 1.54) is 13.3 Å². The van der Waals surface area contributed by atoms with E-state index < -0.39 is 5.97 Å². The fourth-order valence-corrected chi connectivity index (χ4v) is 2.04. The zero-order chi connectivity index (χ0) is 13.7. The van der Waals surface area contributed by atoms with Crippen molar-refractivity contribution in [3.63, 3.8) is 0 Å². The topological polar surface area (TPSA) is 64.6 Å². The third kappa shape index (κ3) is 3.41. The Labute approximate surface area is 112 Å². The second kappa shape index (κ2) is 6.47. The number of carbonyl (C=O) groups excluding carboxylic acids is 1. The van der Waals surface area contributed by atoms with Gasteiger partial charge in [-0.05, 0) is 12.8 Å². The van der Waals surface area contributed by atoms with E-state index in [0.29, 0.717) is 0 Å². The van der Waals surface area contributed by atoms with Crippen LogP contribution in [0, 0.1) is 0 Å². The Morgan fingerprint density at radius 1 is 1.53 bits per heavy atom. The van der Waals surface area contributed by atoms with Gasteiger partial charge in [-0.15, -0.1) is 0 Å². The Kier molecular flexibility index (Phi) is 4.68. The maximum Gasteiger partial charge on any atom is 0.358 e. The third-order valence-corrected chi connectivity index (χ3v) is 3.16. The highest BCUT2D eigenvalue weighted by molar-refractivity contribution is 5.86. The number of aromatic nitrogens is 2. The van der Waals surface area contributed by atoms with E-state index in [1.807, 2.05) is 0 Å². The van der Waals surface area contributed by atoms with Crippen molar-refractivity contribution in [2.45, 2.75) is 25.9 Å². The van der Waals surface area contributed by atoms with Crippen LogP contribution in [0.15, 0.2) is 12.4 Å². The van der Waals surface area contributed by atoms with Gasteiger partial charge in [0, 0.05) is 19.7 Å². The maximum atomic E-state index is 11.3. The fraction of sp³-hybridized carbons (Fsp3) is 0.615. The lowest BCUT2D eigenvalue weighted by atomic mass is 10.2. The first kappa shape index (κ1) is 13.7. The molecule has 1 unspecified atom stereocenters. The van der Waals surface area contributed by atoms with Gasteiger partial charge in [0.15, 0.2) is 5.69 Å². The van der Waals surface area contributed by atoms with E-state index in [1.54, 1.807) is 6.20 Å². The van der Waals surface area contributed by atoms with Gasteiger partial charge in [-0.1, -0.05) is 6.92 Å². The van der Waals surface area contributed by atoms with Gasteiger partial charge in [0.05, 0.1) is 25.6 Å². The van der Waals surface area contributed by atoms with E-state index >= 15 is 0 Å². The van der Waals surface area contributed by atoms with Crippen molar-refractivity contribution in [3.8, 4) is 0 Å². The molecule has 1 saturated heterocycles. The summed E-state index contributed by atoms with van der Waals surface area (Å²) >= 11 is 0. The van der Waals surface area contributed by atoms with Crippen LogP contribution in [0.3, 0.4) is 0 Å². The maximum absolute atomic E-state index is 11.3. The van der Waals surface area contributed by atoms with Crippen LogP contribution >= 0.6 is 0 Å². The highest BCUT2D eigenvalue weighted by Gasteiger charge is 2.19. The Morgan fingerprint density at radius 3 is 3.00 bits per heavy atom. The van der Waals surface area contributed by atoms with Gasteiger partial charge >= 0.3 is 5.97 Å². The largest absolute Gasteiger partial charge is 0.464 e. The molecule has 1 fully saturated rings. The van der Waals surface area contributed by atoms with Crippen molar-refractivity contribution >= 4 is 11.8 Å². The molecule has 0 radical (unpaired) electrons. The molecule has 1 aliphatic heterocycles. The van der Waals surface area contributed by atoms with Crippen LogP contribution in [0.4, 0.5) is 5.82 Å². The molecular formula is C13H19N3O3. The molecule has 0 spiro atoms. The number of rotatable bonds is 3. The van der Waals surface area contributed by atoms with Crippen LogP contribution < -0.4 is 4.90 Å². The first-order valence-electron chi connectivity index (χ1n) is 6.51. The van der Waals surface area contributed by atoms with Gasteiger partial charge in [0.2, 0.25) is 0 Å². The summed E-state index contributed by atoms with van der Waals surface area (Å²) in [5, 5.41) is 0. The molecule has 0 saturated carbocycles. The molecule has 1 atom stereocenters. The van der Waals surface area contributed by atoms with Crippen molar-refractivity contribution < 1.29 is 14.3 Å². The highest BCUT2D eigenvalue weighted by atomic mass is 16.5.